The number of halogens is 2. The van der Waals surface area contributed by atoms with Gasteiger partial charge in [0.2, 0.25) is 0 Å². The Morgan fingerprint density at radius 3 is 2.77 bits per heavy atom. The SMILES string of the molecule is CN1CC[C@]23c4c5ccc(O)c4O[C@H]2C(=O)CC[C@@]3(OCc2c(Cl)cccc2Cl)[C@H]1C5. The number of benzene rings is 2. The molecular weight excluding hydrogens is 437 g/mol. The lowest BCUT2D eigenvalue weighted by Crippen LogP contribution is -2.76. The van der Waals surface area contributed by atoms with E-state index in [1.165, 1.54) is 0 Å². The van der Waals surface area contributed by atoms with Crippen molar-refractivity contribution in [1.29, 1.82) is 0 Å². The van der Waals surface area contributed by atoms with Gasteiger partial charge in [-0.15, -0.1) is 0 Å². The van der Waals surface area contributed by atoms with E-state index in [4.69, 9.17) is 32.7 Å². The number of carbonyl (C=O) groups is 1. The van der Waals surface area contributed by atoms with Crippen LogP contribution < -0.4 is 4.74 Å². The molecule has 0 unspecified atom stereocenters. The number of hydrogen-bond donors (Lipinski definition) is 1. The normalized spacial score (nSPS) is 33.2. The van der Waals surface area contributed by atoms with Crippen LogP contribution in [0.4, 0.5) is 0 Å². The Bertz CT molecular complexity index is 1100. The summed E-state index contributed by atoms with van der Waals surface area (Å²) in [6.07, 6.45) is 1.87. The molecule has 0 amide bonds. The summed E-state index contributed by atoms with van der Waals surface area (Å²) >= 11 is 12.9. The number of likely N-dealkylation sites (N-methyl/N-ethyl adjacent to an activating group) is 1. The number of likely N-dealkylation sites (tertiary alicyclic amines) is 1. The predicted molar refractivity (Wildman–Crippen MR) is 117 cm³/mol. The second-order valence-electron chi connectivity index (χ2n) is 9.21. The van der Waals surface area contributed by atoms with Gasteiger partial charge in [-0.25, -0.2) is 0 Å². The minimum Gasteiger partial charge on any atom is -0.504 e. The minimum atomic E-state index is -0.637. The molecule has 0 aromatic heterocycles. The van der Waals surface area contributed by atoms with Gasteiger partial charge in [-0.05, 0) is 56.6 Å². The predicted octanol–water partition coefficient (Wildman–Crippen LogP) is 4.28. The zero-order valence-corrected chi connectivity index (χ0v) is 18.7. The van der Waals surface area contributed by atoms with Crippen molar-refractivity contribution < 1.29 is 19.4 Å². The molecule has 2 aromatic carbocycles. The lowest BCUT2D eigenvalue weighted by molar-refractivity contribution is -0.215. The molecular formula is C24H23Cl2NO4. The zero-order chi connectivity index (χ0) is 21.5. The van der Waals surface area contributed by atoms with Crippen LogP contribution >= 0.6 is 23.2 Å². The van der Waals surface area contributed by atoms with E-state index >= 15 is 0 Å². The highest BCUT2D eigenvalue weighted by Gasteiger charge is 2.74. The molecule has 4 aliphatic rings. The minimum absolute atomic E-state index is 0.0850. The fourth-order valence-electron chi connectivity index (χ4n) is 6.67. The molecule has 0 radical (unpaired) electrons. The van der Waals surface area contributed by atoms with Crippen molar-refractivity contribution in [1.82, 2.24) is 4.90 Å². The zero-order valence-electron chi connectivity index (χ0n) is 17.2. The first-order chi connectivity index (χ1) is 14.9. The Labute approximate surface area is 190 Å². The lowest BCUT2D eigenvalue weighted by Gasteiger charge is -2.64. The maximum absolute atomic E-state index is 13.1. The number of nitrogens with zero attached hydrogens (tertiary/aromatic N) is 1. The molecule has 2 fully saturated rings. The van der Waals surface area contributed by atoms with Crippen LogP contribution in [0.5, 0.6) is 11.5 Å². The van der Waals surface area contributed by atoms with E-state index in [2.05, 4.69) is 11.9 Å². The van der Waals surface area contributed by atoms with Gasteiger partial charge >= 0.3 is 0 Å². The van der Waals surface area contributed by atoms with Crippen LogP contribution in [0.25, 0.3) is 0 Å². The molecule has 1 saturated carbocycles. The summed E-state index contributed by atoms with van der Waals surface area (Å²) in [6, 6.07) is 9.19. The molecule has 1 N–H and O–H groups in total. The molecule has 6 rings (SSSR count). The summed E-state index contributed by atoms with van der Waals surface area (Å²) in [6.45, 7) is 1.10. The highest BCUT2D eigenvalue weighted by atomic mass is 35.5. The van der Waals surface area contributed by atoms with E-state index in [0.29, 0.717) is 28.6 Å². The molecule has 1 saturated heterocycles. The van der Waals surface area contributed by atoms with Crippen LogP contribution in [0.2, 0.25) is 10.0 Å². The van der Waals surface area contributed by atoms with Crippen LogP contribution in [-0.2, 0) is 28.0 Å². The van der Waals surface area contributed by atoms with Gasteiger partial charge in [0.05, 0.1) is 17.6 Å². The number of ketones is 1. The molecule has 2 aliphatic heterocycles. The molecule has 2 aliphatic carbocycles. The first kappa shape index (κ1) is 19.9. The standard InChI is InChI=1S/C24H23Cl2NO4/c1-27-10-9-23-20-13-5-6-17(28)21(20)31-22(23)18(29)7-8-24(23,19(27)11-13)30-12-14-15(25)3-2-4-16(14)26/h2-6,19,22,28H,7-12H2,1H3/t19-,22+,23+,24-/m1/s1. The van der Waals surface area contributed by atoms with Gasteiger partial charge in [0.15, 0.2) is 23.4 Å². The van der Waals surface area contributed by atoms with Crippen molar-refractivity contribution in [3.05, 3.63) is 57.1 Å². The molecule has 31 heavy (non-hydrogen) atoms. The molecule has 2 bridgehead atoms. The van der Waals surface area contributed by atoms with Gasteiger partial charge in [0.25, 0.3) is 0 Å². The summed E-state index contributed by atoms with van der Waals surface area (Å²) in [5, 5.41) is 11.7. The number of phenolic OH excluding ortho intramolecular Hbond substituents is 1. The van der Waals surface area contributed by atoms with Gasteiger partial charge in [-0.1, -0.05) is 35.3 Å². The van der Waals surface area contributed by atoms with E-state index in [1.54, 1.807) is 6.07 Å². The van der Waals surface area contributed by atoms with E-state index in [1.807, 2.05) is 24.3 Å². The van der Waals surface area contributed by atoms with E-state index in [-0.39, 0.29) is 24.2 Å². The van der Waals surface area contributed by atoms with Gasteiger partial charge in [0.1, 0.15) is 0 Å². The quantitative estimate of drug-likeness (QED) is 0.742. The van der Waals surface area contributed by atoms with Gasteiger partial charge in [0, 0.05) is 33.6 Å². The number of hydrogen-bond acceptors (Lipinski definition) is 5. The maximum Gasteiger partial charge on any atom is 0.174 e. The number of Topliss-reactive ketones (excluding diaryl/α,β-unsaturated/α-hetero) is 1. The molecule has 162 valence electrons. The molecule has 7 heteroatoms. The van der Waals surface area contributed by atoms with Crippen LogP contribution in [0.1, 0.15) is 36.0 Å². The van der Waals surface area contributed by atoms with Gasteiger partial charge < -0.3 is 19.5 Å². The third kappa shape index (κ3) is 2.38. The second kappa shape index (κ2) is 6.61. The monoisotopic (exact) mass is 459 g/mol. The van der Waals surface area contributed by atoms with Crippen LogP contribution in [0, 0.1) is 0 Å². The largest absolute Gasteiger partial charge is 0.504 e. The Morgan fingerprint density at radius 1 is 1.23 bits per heavy atom. The van der Waals surface area contributed by atoms with E-state index in [0.717, 1.165) is 36.1 Å². The van der Waals surface area contributed by atoms with Crippen molar-refractivity contribution in [2.45, 2.75) is 55.5 Å². The van der Waals surface area contributed by atoms with Crippen molar-refractivity contribution in [3.63, 3.8) is 0 Å². The van der Waals surface area contributed by atoms with Crippen LogP contribution in [-0.4, -0.2) is 47.1 Å². The summed E-state index contributed by atoms with van der Waals surface area (Å²) in [5.41, 5.74) is 1.62. The number of piperidine rings is 1. The molecule has 5 nitrogen and oxygen atoms in total. The fourth-order valence-corrected chi connectivity index (χ4v) is 7.18. The molecule has 1 spiro atoms. The summed E-state index contributed by atoms with van der Waals surface area (Å²) in [7, 11) is 2.12. The van der Waals surface area contributed by atoms with Gasteiger partial charge in [-0.2, -0.15) is 0 Å². The number of aromatic hydroxyl groups is 1. The highest BCUT2D eigenvalue weighted by Crippen LogP contribution is 2.66. The summed E-state index contributed by atoms with van der Waals surface area (Å²) in [5.74, 6) is 0.641. The van der Waals surface area contributed by atoms with Crippen molar-refractivity contribution in [2.24, 2.45) is 0 Å². The molecule has 2 heterocycles. The van der Waals surface area contributed by atoms with Crippen molar-refractivity contribution in [2.75, 3.05) is 13.6 Å². The average Bonchev–Trinajstić information content (AvgIpc) is 3.10. The number of ether oxygens (including phenoxy) is 2. The Balaban J connectivity index is 1.55. The molecule has 4 atom stereocenters. The first-order valence-corrected chi connectivity index (χ1v) is 11.5. The van der Waals surface area contributed by atoms with E-state index in [9.17, 15) is 9.90 Å². The fraction of sp³-hybridized carbons (Fsp3) is 0.458. The summed E-state index contributed by atoms with van der Waals surface area (Å²) < 4.78 is 13.1. The van der Waals surface area contributed by atoms with Crippen LogP contribution in [0.3, 0.4) is 0 Å². The Hall–Kier alpha value is -1.79. The Kier molecular flexibility index (Phi) is 4.24. The number of phenols is 1. The topological polar surface area (TPSA) is 59.0 Å². The van der Waals surface area contributed by atoms with Crippen molar-refractivity contribution >= 4 is 29.0 Å². The Morgan fingerprint density at radius 2 is 2.00 bits per heavy atom. The first-order valence-electron chi connectivity index (χ1n) is 10.7. The third-order valence-corrected chi connectivity index (χ3v) is 8.73. The summed E-state index contributed by atoms with van der Waals surface area (Å²) in [4.78, 5) is 15.5. The number of rotatable bonds is 3. The van der Waals surface area contributed by atoms with Gasteiger partial charge in [-0.3, -0.25) is 4.79 Å². The van der Waals surface area contributed by atoms with Crippen LogP contribution in [0.15, 0.2) is 30.3 Å². The van der Waals surface area contributed by atoms with E-state index < -0.39 is 17.1 Å². The average molecular weight is 460 g/mol. The molecule has 2 aromatic rings. The second-order valence-corrected chi connectivity index (χ2v) is 10.0. The highest BCUT2D eigenvalue weighted by molar-refractivity contribution is 6.35. The number of carbonyl (C=O) groups excluding carboxylic acids is 1. The smallest absolute Gasteiger partial charge is 0.174 e. The third-order valence-electron chi connectivity index (χ3n) is 8.02. The maximum atomic E-state index is 13.1. The lowest BCUT2D eigenvalue weighted by atomic mass is 9.49. The van der Waals surface area contributed by atoms with Crippen molar-refractivity contribution in [3.8, 4) is 11.5 Å².